The van der Waals surface area contributed by atoms with Gasteiger partial charge in [-0.2, -0.15) is 0 Å². The fourth-order valence-corrected chi connectivity index (χ4v) is 1.62. The van der Waals surface area contributed by atoms with Crippen molar-refractivity contribution in [3.05, 3.63) is 12.2 Å². The number of carbonyl (C=O) groups excluding carboxylic acids is 1. The van der Waals surface area contributed by atoms with E-state index in [4.69, 9.17) is 27.9 Å². The number of halogens is 2. The Hall–Kier alpha value is -0.450. The zero-order valence-electron chi connectivity index (χ0n) is 11.7. The summed E-state index contributed by atoms with van der Waals surface area (Å²) < 4.78 is 5.06. The minimum Gasteiger partial charge on any atom is -0.444 e. The number of ether oxygens (including phenoxy) is 1. The number of alkyl halides is 2. The molecule has 1 amide bonds. The molecule has 4 nitrogen and oxygen atoms in total. The summed E-state index contributed by atoms with van der Waals surface area (Å²) in [6.45, 7) is 5.66. The normalized spacial score (nSPS) is 15.3. The van der Waals surface area contributed by atoms with Crippen molar-refractivity contribution >= 4 is 29.3 Å². The molecular formula is C13H23Cl2NO3. The Morgan fingerprint density at radius 3 is 2.63 bits per heavy atom. The maximum Gasteiger partial charge on any atom is 0.407 e. The first kappa shape index (κ1) is 18.6. The lowest BCUT2D eigenvalue weighted by Gasteiger charge is -2.19. The van der Waals surface area contributed by atoms with Crippen LogP contribution in [0, 0.1) is 0 Å². The molecule has 6 heteroatoms. The molecule has 112 valence electrons. The topological polar surface area (TPSA) is 58.6 Å². The first-order valence-corrected chi connectivity index (χ1v) is 7.25. The molecule has 0 aromatic heterocycles. The maximum absolute atomic E-state index is 11.3. The summed E-state index contributed by atoms with van der Waals surface area (Å²) in [4.78, 5) is 11.3. The Kier molecular flexibility index (Phi) is 9.23. The van der Waals surface area contributed by atoms with Crippen molar-refractivity contribution < 1.29 is 14.6 Å². The molecule has 0 aliphatic rings. The largest absolute Gasteiger partial charge is 0.444 e. The van der Waals surface area contributed by atoms with Crippen LogP contribution in [-0.4, -0.2) is 40.7 Å². The first-order valence-electron chi connectivity index (χ1n) is 6.28. The molecule has 0 fully saturated rings. The fourth-order valence-electron chi connectivity index (χ4n) is 1.23. The quantitative estimate of drug-likeness (QED) is 0.561. The van der Waals surface area contributed by atoms with E-state index in [1.807, 2.05) is 0 Å². The number of hydrogen-bond acceptors (Lipinski definition) is 3. The van der Waals surface area contributed by atoms with Gasteiger partial charge < -0.3 is 15.2 Å². The van der Waals surface area contributed by atoms with Crippen LogP contribution >= 0.6 is 23.2 Å². The first-order chi connectivity index (χ1) is 8.76. The number of amides is 1. The van der Waals surface area contributed by atoms with Crippen LogP contribution in [0.25, 0.3) is 0 Å². The van der Waals surface area contributed by atoms with Gasteiger partial charge in [-0.05, 0) is 33.6 Å². The van der Waals surface area contributed by atoms with Crippen LogP contribution in [0.4, 0.5) is 4.79 Å². The molecule has 0 rings (SSSR count). The van der Waals surface area contributed by atoms with Gasteiger partial charge in [0.2, 0.25) is 0 Å². The monoisotopic (exact) mass is 311 g/mol. The Bertz CT molecular complexity index is 290. The summed E-state index contributed by atoms with van der Waals surface area (Å²) in [7, 11) is 0. The van der Waals surface area contributed by atoms with Crippen LogP contribution in [0.2, 0.25) is 0 Å². The molecule has 0 aromatic rings. The van der Waals surface area contributed by atoms with Gasteiger partial charge in [-0.25, -0.2) is 4.79 Å². The van der Waals surface area contributed by atoms with Crippen molar-refractivity contribution in [3.8, 4) is 0 Å². The van der Waals surface area contributed by atoms with Crippen molar-refractivity contribution in [2.75, 3.05) is 12.4 Å². The minimum atomic E-state index is -0.745. The highest BCUT2D eigenvalue weighted by molar-refractivity contribution is 6.21. The number of hydrogen-bond donors (Lipinski definition) is 2. The number of carbonyl (C=O) groups is 1. The van der Waals surface area contributed by atoms with E-state index in [-0.39, 0.29) is 11.9 Å². The van der Waals surface area contributed by atoms with E-state index in [0.717, 1.165) is 6.42 Å². The molecule has 19 heavy (non-hydrogen) atoms. The van der Waals surface area contributed by atoms with E-state index in [2.05, 4.69) is 5.32 Å². The maximum atomic E-state index is 11.3. The molecule has 0 radical (unpaired) electrons. The summed E-state index contributed by atoms with van der Waals surface area (Å²) in [5, 5.41) is 11.9. The average Bonchev–Trinajstić information content (AvgIpc) is 2.29. The summed E-state index contributed by atoms with van der Waals surface area (Å²) in [6, 6.07) is 0. The number of aliphatic hydroxyl groups is 1. The van der Waals surface area contributed by atoms with Gasteiger partial charge in [-0.1, -0.05) is 12.2 Å². The number of rotatable bonds is 7. The van der Waals surface area contributed by atoms with Gasteiger partial charge in [-0.15, -0.1) is 23.2 Å². The summed E-state index contributed by atoms with van der Waals surface area (Å²) in [5.41, 5.74) is -0.518. The molecule has 0 unspecified atom stereocenters. The molecule has 0 heterocycles. The molecule has 2 atom stereocenters. The van der Waals surface area contributed by atoms with E-state index in [9.17, 15) is 9.90 Å². The van der Waals surface area contributed by atoms with Crippen LogP contribution < -0.4 is 5.32 Å². The number of aliphatic hydroxyl groups excluding tert-OH is 1. The Morgan fingerprint density at radius 1 is 1.47 bits per heavy atom. The molecule has 0 spiro atoms. The van der Waals surface area contributed by atoms with Crippen LogP contribution in [0.3, 0.4) is 0 Å². The highest BCUT2D eigenvalue weighted by Gasteiger charge is 2.15. The van der Waals surface area contributed by atoms with E-state index < -0.39 is 17.8 Å². The van der Waals surface area contributed by atoms with Crippen molar-refractivity contribution in [1.82, 2.24) is 5.32 Å². The molecule has 0 saturated carbocycles. The SMILES string of the molecule is CC(C)(C)OC(=O)NC/C=C\[C@@H](O)[C@@H](Cl)CCCCl. The molecule has 0 saturated heterocycles. The molecule has 2 N–H and O–H groups in total. The van der Waals surface area contributed by atoms with Gasteiger partial charge in [-0.3, -0.25) is 0 Å². The van der Waals surface area contributed by atoms with Crippen molar-refractivity contribution in [2.45, 2.75) is 50.7 Å². The van der Waals surface area contributed by atoms with Gasteiger partial charge in [0.15, 0.2) is 0 Å². The molecule has 0 aliphatic carbocycles. The van der Waals surface area contributed by atoms with Crippen LogP contribution in [0.5, 0.6) is 0 Å². The van der Waals surface area contributed by atoms with Crippen LogP contribution in [0.1, 0.15) is 33.6 Å². The molecule has 0 aliphatic heterocycles. The summed E-state index contributed by atoms with van der Waals surface area (Å²) in [5.74, 6) is 0.528. The minimum absolute atomic E-state index is 0.283. The second kappa shape index (κ2) is 9.45. The van der Waals surface area contributed by atoms with E-state index in [1.165, 1.54) is 0 Å². The summed E-state index contributed by atoms with van der Waals surface area (Å²) >= 11 is 11.5. The van der Waals surface area contributed by atoms with Crippen molar-refractivity contribution in [1.29, 1.82) is 0 Å². The zero-order valence-corrected chi connectivity index (χ0v) is 13.2. The van der Waals surface area contributed by atoms with Crippen molar-refractivity contribution in [2.24, 2.45) is 0 Å². The highest BCUT2D eigenvalue weighted by atomic mass is 35.5. The van der Waals surface area contributed by atoms with Gasteiger partial charge in [0.05, 0.1) is 11.5 Å². The lowest BCUT2D eigenvalue weighted by Crippen LogP contribution is -2.32. The third-order valence-electron chi connectivity index (χ3n) is 2.08. The summed E-state index contributed by atoms with van der Waals surface area (Å²) in [6.07, 6.45) is 3.38. The van der Waals surface area contributed by atoms with Gasteiger partial charge in [0, 0.05) is 12.4 Å². The zero-order chi connectivity index (χ0) is 14.9. The van der Waals surface area contributed by atoms with Gasteiger partial charge >= 0.3 is 6.09 Å². The Labute approximate surface area is 125 Å². The predicted octanol–water partition coefficient (Wildman–Crippen LogP) is 3.05. The van der Waals surface area contributed by atoms with E-state index in [0.29, 0.717) is 12.3 Å². The molecular weight excluding hydrogens is 289 g/mol. The van der Waals surface area contributed by atoms with Crippen LogP contribution in [0.15, 0.2) is 12.2 Å². The Balaban J connectivity index is 3.87. The number of nitrogens with one attached hydrogen (secondary N) is 1. The van der Waals surface area contributed by atoms with Crippen molar-refractivity contribution in [3.63, 3.8) is 0 Å². The predicted molar refractivity (Wildman–Crippen MR) is 79.0 cm³/mol. The van der Waals surface area contributed by atoms with Gasteiger partial charge in [0.25, 0.3) is 0 Å². The number of alkyl carbamates (subject to hydrolysis) is 1. The van der Waals surface area contributed by atoms with Gasteiger partial charge in [0.1, 0.15) is 5.60 Å². The Morgan fingerprint density at radius 2 is 2.11 bits per heavy atom. The van der Waals surface area contributed by atoms with E-state index in [1.54, 1.807) is 32.9 Å². The third-order valence-corrected chi connectivity index (χ3v) is 2.82. The lowest BCUT2D eigenvalue weighted by molar-refractivity contribution is 0.0534. The van der Waals surface area contributed by atoms with E-state index >= 15 is 0 Å². The second-order valence-corrected chi connectivity index (χ2v) is 6.09. The lowest BCUT2D eigenvalue weighted by atomic mass is 10.1. The molecule has 0 bridgehead atoms. The second-order valence-electron chi connectivity index (χ2n) is 5.15. The average molecular weight is 312 g/mol. The highest BCUT2D eigenvalue weighted by Crippen LogP contribution is 2.12. The smallest absolute Gasteiger partial charge is 0.407 e. The van der Waals surface area contributed by atoms with Crippen LogP contribution in [-0.2, 0) is 4.74 Å². The standard InChI is InChI=1S/C13H23Cl2NO3/c1-13(2,3)19-12(18)16-9-5-7-11(17)10(15)6-4-8-14/h5,7,10-11,17H,4,6,8-9H2,1-3H3,(H,16,18)/b7-5-/t10-,11+/m0/s1. The molecule has 0 aromatic carbocycles. The fraction of sp³-hybridized carbons (Fsp3) is 0.769. The third kappa shape index (κ3) is 11.1.